The number of aromatic hydroxyl groups is 1. The maximum absolute atomic E-state index is 11.5. The van der Waals surface area contributed by atoms with Gasteiger partial charge >= 0.3 is 5.97 Å². The normalized spacial score (nSPS) is 11.6. The molecule has 0 spiro atoms. The Labute approximate surface area is 111 Å². The second-order valence-electron chi connectivity index (χ2n) is 4.16. The van der Waals surface area contributed by atoms with Crippen LogP contribution in [0, 0.1) is 0 Å². The molecule has 5 heteroatoms. The zero-order valence-corrected chi connectivity index (χ0v) is 10.5. The number of hydrogen-bond acceptors (Lipinski definition) is 3. The number of nitrogens with one attached hydrogen (secondary N) is 1. The number of phenolic OH excluding ortho intramolecular Hbond substituents is 1. The first kappa shape index (κ1) is 14.8. The summed E-state index contributed by atoms with van der Waals surface area (Å²) in [7, 11) is 0. The lowest BCUT2D eigenvalue weighted by Crippen LogP contribution is -2.42. The second kappa shape index (κ2) is 7.20. The Morgan fingerprint density at radius 3 is 2.47 bits per heavy atom. The Balaban J connectivity index is 2.62. The van der Waals surface area contributed by atoms with Gasteiger partial charge < -0.3 is 15.5 Å². The van der Waals surface area contributed by atoms with E-state index in [0.29, 0.717) is 6.42 Å². The zero-order valence-electron chi connectivity index (χ0n) is 10.5. The van der Waals surface area contributed by atoms with Crippen molar-refractivity contribution in [2.75, 3.05) is 0 Å². The number of benzene rings is 1. The summed E-state index contributed by atoms with van der Waals surface area (Å²) in [5, 5.41) is 20.7. The Bertz CT molecular complexity index is 453. The van der Waals surface area contributed by atoms with Crippen LogP contribution in [0.25, 0.3) is 0 Å². The summed E-state index contributed by atoms with van der Waals surface area (Å²) in [5.74, 6) is -1.28. The van der Waals surface area contributed by atoms with E-state index in [4.69, 9.17) is 10.2 Å². The number of carboxylic acids is 1. The molecule has 0 aromatic heterocycles. The highest BCUT2D eigenvalue weighted by Gasteiger charge is 2.19. The smallest absolute Gasteiger partial charge is 0.326 e. The summed E-state index contributed by atoms with van der Waals surface area (Å²) in [6.07, 6.45) is 2.52. The Morgan fingerprint density at radius 1 is 1.32 bits per heavy atom. The van der Waals surface area contributed by atoms with Gasteiger partial charge in [0.25, 0.3) is 0 Å². The molecule has 1 rings (SSSR count). The summed E-state index contributed by atoms with van der Waals surface area (Å²) in [6.45, 7) is 3.50. The molecule has 0 radical (unpaired) electrons. The van der Waals surface area contributed by atoms with Crippen molar-refractivity contribution >= 4 is 11.9 Å². The zero-order chi connectivity index (χ0) is 14.3. The van der Waals surface area contributed by atoms with E-state index in [9.17, 15) is 9.59 Å². The van der Waals surface area contributed by atoms with Gasteiger partial charge in [-0.05, 0) is 24.1 Å². The van der Waals surface area contributed by atoms with Crippen LogP contribution < -0.4 is 5.32 Å². The lowest BCUT2D eigenvalue weighted by molar-refractivity contribution is -0.141. The predicted octanol–water partition coefficient (Wildman–Crippen LogP) is 1.47. The van der Waals surface area contributed by atoms with Crippen molar-refractivity contribution in [1.29, 1.82) is 0 Å². The second-order valence-corrected chi connectivity index (χ2v) is 4.16. The highest BCUT2D eigenvalue weighted by Crippen LogP contribution is 2.11. The summed E-state index contributed by atoms with van der Waals surface area (Å²) in [5.41, 5.74) is 0.731. The highest BCUT2D eigenvalue weighted by atomic mass is 16.4. The fraction of sp³-hybridized carbons (Fsp3) is 0.286. The molecule has 0 bridgehead atoms. The van der Waals surface area contributed by atoms with Gasteiger partial charge in [0.15, 0.2) is 0 Å². The van der Waals surface area contributed by atoms with Gasteiger partial charge in [-0.25, -0.2) is 4.79 Å². The van der Waals surface area contributed by atoms with Crippen LogP contribution in [-0.2, 0) is 16.0 Å². The first-order valence-electron chi connectivity index (χ1n) is 5.94. The number of carbonyl (C=O) groups excluding carboxylic acids is 1. The molecule has 19 heavy (non-hydrogen) atoms. The molecule has 0 aliphatic rings. The fourth-order valence-electron chi connectivity index (χ4n) is 1.57. The van der Waals surface area contributed by atoms with Crippen LogP contribution in [0.2, 0.25) is 0 Å². The van der Waals surface area contributed by atoms with Crippen LogP contribution in [0.4, 0.5) is 0 Å². The number of carboxylic acid groups (broad SMARTS) is 1. The molecule has 0 unspecified atom stereocenters. The van der Waals surface area contributed by atoms with Crippen LogP contribution in [0.1, 0.15) is 18.4 Å². The van der Waals surface area contributed by atoms with Crippen molar-refractivity contribution in [3.05, 3.63) is 42.5 Å². The average molecular weight is 263 g/mol. The number of phenols is 1. The molecule has 0 aliphatic carbocycles. The molecule has 1 aromatic rings. The summed E-state index contributed by atoms with van der Waals surface area (Å²) in [6, 6.07) is 5.24. The standard InChI is InChI=1S/C14H17NO4/c1-2-3-4-13(17)15-12(14(18)19)9-10-5-7-11(16)8-6-10/h2,5-8,12,16H,1,3-4,9H2,(H,15,17)(H,18,19)/t12-/m1/s1. The summed E-state index contributed by atoms with van der Waals surface area (Å²) >= 11 is 0. The summed E-state index contributed by atoms with van der Waals surface area (Å²) < 4.78 is 0. The molecule has 0 heterocycles. The van der Waals surface area contributed by atoms with Crippen molar-refractivity contribution in [1.82, 2.24) is 5.32 Å². The lowest BCUT2D eigenvalue weighted by Gasteiger charge is -2.14. The van der Waals surface area contributed by atoms with Gasteiger partial charge in [0.1, 0.15) is 11.8 Å². The van der Waals surface area contributed by atoms with Crippen molar-refractivity contribution in [2.24, 2.45) is 0 Å². The SMILES string of the molecule is C=CCCC(=O)N[C@H](Cc1ccc(O)cc1)C(=O)O. The summed E-state index contributed by atoms with van der Waals surface area (Å²) in [4.78, 5) is 22.6. The number of rotatable bonds is 7. The minimum Gasteiger partial charge on any atom is -0.508 e. The van der Waals surface area contributed by atoms with E-state index in [2.05, 4.69) is 11.9 Å². The van der Waals surface area contributed by atoms with E-state index in [1.807, 2.05) is 0 Å². The van der Waals surface area contributed by atoms with E-state index in [1.165, 1.54) is 12.1 Å². The van der Waals surface area contributed by atoms with Crippen LogP contribution >= 0.6 is 0 Å². The van der Waals surface area contributed by atoms with Crippen LogP contribution in [-0.4, -0.2) is 28.1 Å². The van der Waals surface area contributed by atoms with Crippen LogP contribution in [0.15, 0.2) is 36.9 Å². The third-order valence-corrected chi connectivity index (χ3v) is 2.59. The molecule has 3 N–H and O–H groups in total. The third kappa shape index (κ3) is 5.25. The number of aliphatic carboxylic acids is 1. The number of hydrogen-bond donors (Lipinski definition) is 3. The Morgan fingerprint density at radius 2 is 1.95 bits per heavy atom. The van der Waals surface area contributed by atoms with Gasteiger partial charge in [-0.15, -0.1) is 6.58 Å². The van der Waals surface area contributed by atoms with E-state index in [-0.39, 0.29) is 24.5 Å². The van der Waals surface area contributed by atoms with Crippen LogP contribution in [0.3, 0.4) is 0 Å². The number of amides is 1. The van der Waals surface area contributed by atoms with Gasteiger partial charge in [0, 0.05) is 12.8 Å². The lowest BCUT2D eigenvalue weighted by atomic mass is 10.1. The minimum absolute atomic E-state index is 0.116. The topological polar surface area (TPSA) is 86.6 Å². The van der Waals surface area contributed by atoms with E-state index >= 15 is 0 Å². The van der Waals surface area contributed by atoms with E-state index in [1.54, 1.807) is 18.2 Å². The molecule has 1 aromatic carbocycles. The monoisotopic (exact) mass is 263 g/mol. The molecular formula is C14H17NO4. The predicted molar refractivity (Wildman–Crippen MR) is 70.8 cm³/mol. The minimum atomic E-state index is -1.08. The van der Waals surface area contributed by atoms with Gasteiger partial charge in [-0.1, -0.05) is 18.2 Å². The number of carbonyl (C=O) groups is 2. The van der Waals surface area contributed by atoms with Gasteiger partial charge in [0.05, 0.1) is 0 Å². The molecule has 102 valence electrons. The van der Waals surface area contributed by atoms with Gasteiger partial charge in [0.2, 0.25) is 5.91 Å². The van der Waals surface area contributed by atoms with E-state index < -0.39 is 12.0 Å². The molecule has 0 saturated heterocycles. The molecule has 0 fully saturated rings. The maximum Gasteiger partial charge on any atom is 0.326 e. The molecule has 0 aliphatic heterocycles. The average Bonchev–Trinajstić information content (AvgIpc) is 2.38. The van der Waals surface area contributed by atoms with Crippen molar-refractivity contribution < 1.29 is 19.8 Å². The van der Waals surface area contributed by atoms with Crippen molar-refractivity contribution in [3.63, 3.8) is 0 Å². The molecular weight excluding hydrogens is 246 g/mol. The van der Waals surface area contributed by atoms with E-state index in [0.717, 1.165) is 5.56 Å². The largest absolute Gasteiger partial charge is 0.508 e. The molecule has 1 atom stereocenters. The molecule has 0 saturated carbocycles. The van der Waals surface area contributed by atoms with Crippen molar-refractivity contribution in [2.45, 2.75) is 25.3 Å². The first-order chi connectivity index (χ1) is 9.02. The maximum atomic E-state index is 11.5. The number of allylic oxidation sites excluding steroid dienone is 1. The van der Waals surface area contributed by atoms with Gasteiger partial charge in [-0.3, -0.25) is 4.79 Å². The molecule has 1 amide bonds. The van der Waals surface area contributed by atoms with Crippen molar-refractivity contribution in [3.8, 4) is 5.75 Å². The highest BCUT2D eigenvalue weighted by molar-refractivity contribution is 5.83. The Kier molecular flexibility index (Phi) is 5.60. The fourth-order valence-corrected chi connectivity index (χ4v) is 1.57. The third-order valence-electron chi connectivity index (χ3n) is 2.59. The quantitative estimate of drug-likeness (QED) is 0.650. The first-order valence-corrected chi connectivity index (χ1v) is 5.94. The van der Waals surface area contributed by atoms with Crippen LogP contribution in [0.5, 0.6) is 5.75 Å². The molecule has 5 nitrogen and oxygen atoms in total. The van der Waals surface area contributed by atoms with Gasteiger partial charge in [-0.2, -0.15) is 0 Å². The Hall–Kier alpha value is -2.30.